The first-order chi connectivity index (χ1) is 9.28. The molecule has 3 aromatic rings. The summed E-state index contributed by atoms with van der Waals surface area (Å²) in [5.74, 6) is 0.175. The third kappa shape index (κ3) is 2.15. The van der Waals surface area contributed by atoms with Crippen molar-refractivity contribution < 1.29 is 4.79 Å². The van der Waals surface area contributed by atoms with Crippen LogP contribution in [-0.4, -0.2) is 15.8 Å². The quantitative estimate of drug-likeness (QED) is 0.718. The summed E-state index contributed by atoms with van der Waals surface area (Å²) < 4.78 is 0. The highest BCUT2D eigenvalue weighted by molar-refractivity contribution is 6.00. The lowest BCUT2D eigenvalue weighted by molar-refractivity contribution is 0.0988. The Bertz CT molecular complexity index is 729. The second kappa shape index (κ2) is 4.69. The van der Waals surface area contributed by atoms with E-state index in [0.717, 1.165) is 27.7 Å². The minimum atomic E-state index is 0.175. The zero-order chi connectivity index (χ0) is 13.2. The molecule has 3 nitrogen and oxygen atoms in total. The van der Waals surface area contributed by atoms with Crippen molar-refractivity contribution in [3.05, 3.63) is 54.4 Å². The van der Waals surface area contributed by atoms with E-state index in [2.05, 4.69) is 16.0 Å². The second-order valence-electron chi connectivity index (χ2n) is 4.50. The van der Waals surface area contributed by atoms with Gasteiger partial charge in [-0.15, -0.1) is 0 Å². The predicted octanol–water partition coefficient (Wildman–Crippen LogP) is 3.82. The van der Waals surface area contributed by atoms with Crippen molar-refractivity contribution in [3.63, 3.8) is 0 Å². The summed E-state index contributed by atoms with van der Waals surface area (Å²) >= 11 is 0. The van der Waals surface area contributed by atoms with Crippen LogP contribution in [0.3, 0.4) is 0 Å². The van der Waals surface area contributed by atoms with Crippen LogP contribution in [-0.2, 0) is 0 Å². The van der Waals surface area contributed by atoms with E-state index in [1.807, 2.05) is 37.3 Å². The van der Waals surface area contributed by atoms with E-state index in [1.165, 1.54) is 0 Å². The van der Waals surface area contributed by atoms with Crippen LogP contribution in [0.2, 0.25) is 0 Å². The maximum absolute atomic E-state index is 11.7. The molecule has 0 aliphatic rings. The Balaban J connectivity index is 2.09. The van der Waals surface area contributed by atoms with Crippen LogP contribution in [0, 0.1) is 0 Å². The Labute approximate surface area is 111 Å². The molecule has 0 aliphatic carbocycles. The first kappa shape index (κ1) is 11.7. The summed E-state index contributed by atoms with van der Waals surface area (Å²) in [5.41, 5.74) is 3.95. The molecular formula is C16H14N2O. The lowest BCUT2D eigenvalue weighted by Gasteiger charge is -1.97. The number of ketones is 1. The van der Waals surface area contributed by atoms with Gasteiger partial charge in [0.25, 0.3) is 0 Å². The number of pyridine rings is 1. The summed E-state index contributed by atoms with van der Waals surface area (Å²) in [6, 6.07) is 11.8. The molecular weight excluding hydrogens is 236 g/mol. The molecule has 0 aliphatic heterocycles. The Hall–Kier alpha value is -2.42. The van der Waals surface area contributed by atoms with Crippen LogP contribution in [0.25, 0.3) is 22.2 Å². The topological polar surface area (TPSA) is 45.8 Å². The van der Waals surface area contributed by atoms with E-state index in [-0.39, 0.29) is 5.78 Å². The molecule has 0 saturated carbocycles. The lowest BCUT2D eigenvalue weighted by Crippen LogP contribution is -1.95. The minimum Gasteiger partial charge on any atom is -0.355 e. The van der Waals surface area contributed by atoms with E-state index in [9.17, 15) is 4.79 Å². The molecule has 3 rings (SSSR count). The van der Waals surface area contributed by atoms with Crippen LogP contribution < -0.4 is 0 Å². The van der Waals surface area contributed by atoms with Crippen molar-refractivity contribution in [1.82, 2.24) is 9.97 Å². The molecule has 94 valence electrons. The van der Waals surface area contributed by atoms with Gasteiger partial charge in [-0.25, -0.2) is 0 Å². The number of aromatic nitrogens is 2. The Morgan fingerprint density at radius 3 is 2.68 bits per heavy atom. The molecule has 2 aromatic heterocycles. The summed E-state index contributed by atoms with van der Waals surface area (Å²) in [4.78, 5) is 19.1. The van der Waals surface area contributed by atoms with Gasteiger partial charge in [0, 0.05) is 46.5 Å². The van der Waals surface area contributed by atoms with Gasteiger partial charge < -0.3 is 4.98 Å². The monoisotopic (exact) mass is 250 g/mol. The third-order valence-corrected chi connectivity index (χ3v) is 3.26. The van der Waals surface area contributed by atoms with Crippen LogP contribution in [0.1, 0.15) is 23.7 Å². The molecule has 0 radical (unpaired) electrons. The number of nitrogens with zero attached hydrogens (tertiary/aromatic N) is 1. The largest absolute Gasteiger partial charge is 0.355 e. The number of fused-ring (bicyclic) bond motifs is 1. The fourth-order valence-electron chi connectivity index (χ4n) is 2.20. The summed E-state index contributed by atoms with van der Waals surface area (Å²) in [6.07, 6.45) is 4.08. The molecule has 1 N–H and O–H groups in total. The molecule has 0 fully saturated rings. The smallest absolute Gasteiger partial charge is 0.162 e. The number of nitrogens with one attached hydrogen (secondary N) is 1. The number of H-pyrrole nitrogens is 1. The SMILES string of the molecule is CCC(=O)c1ccc2[nH]c(-c3ccncc3)cc2c1. The number of rotatable bonds is 3. The number of hydrogen-bond donors (Lipinski definition) is 1. The van der Waals surface area contributed by atoms with Crippen molar-refractivity contribution in [1.29, 1.82) is 0 Å². The maximum atomic E-state index is 11.7. The molecule has 0 spiro atoms. The average molecular weight is 250 g/mol. The van der Waals surface area contributed by atoms with Crippen molar-refractivity contribution in [2.75, 3.05) is 0 Å². The van der Waals surface area contributed by atoms with E-state index in [0.29, 0.717) is 6.42 Å². The van der Waals surface area contributed by atoms with Gasteiger partial charge in [-0.3, -0.25) is 9.78 Å². The number of aromatic amines is 1. The first-order valence-electron chi connectivity index (χ1n) is 6.34. The van der Waals surface area contributed by atoms with E-state index >= 15 is 0 Å². The standard InChI is InChI=1S/C16H14N2O/c1-2-16(19)12-3-4-14-13(9-12)10-15(18-14)11-5-7-17-8-6-11/h3-10,18H,2H2,1H3. The third-order valence-electron chi connectivity index (χ3n) is 3.26. The Morgan fingerprint density at radius 1 is 1.16 bits per heavy atom. The zero-order valence-electron chi connectivity index (χ0n) is 10.7. The fraction of sp³-hybridized carbons (Fsp3) is 0.125. The lowest BCUT2D eigenvalue weighted by atomic mass is 10.1. The van der Waals surface area contributed by atoms with Gasteiger partial charge in [0.1, 0.15) is 0 Å². The summed E-state index contributed by atoms with van der Waals surface area (Å²) in [7, 11) is 0. The molecule has 0 saturated heterocycles. The Morgan fingerprint density at radius 2 is 1.95 bits per heavy atom. The number of carbonyl (C=O) groups excluding carboxylic acids is 1. The van der Waals surface area contributed by atoms with E-state index in [4.69, 9.17) is 0 Å². The van der Waals surface area contributed by atoms with Crippen molar-refractivity contribution in [3.8, 4) is 11.3 Å². The van der Waals surface area contributed by atoms with Crippen LogP contribution in [0.15, 0.2) is 48.8 Å². The molecule has 0 amide bonds. The molecule has 2 heterocycles. The van der Waals surface area contributed by atoms with Gasteiger partial charge in [0.2, 0.25) is 0 Å². The van der Waals surface area contributed by atoms with Crippen molar-refractivity contribution in [2.24, 2.45) is 0 Å². The van der Waals surface area contributed by atoms with Gasteiger partial charge in [-0.2, -0.15) is 0 Å². The molecule has 1 aromatic carbocycles. The maximum Gasteiger partial charge on any atom is 0.162 e. The minimum absolute atomic E-state index is 0.175. The van der Waals surface area contributed by atoms with Crippen molar-refractivity contribution in [2.45, 2.75) is 13.3 Å². The van der Waals surface area contributed by atoms with Gasteiger partial charge in [-0.1, -0.05) is 6.92 Å². The molecule has 3 heteroatoms. The van der Waals surface area contributed by atoms with Crippen LogP contribution in [0.5, 0.6) is 0 Å². The van der Waals surface area contributed by atoms with Gasteiger partial charge >= 0.3 is 0 Å². The summed E-state index contributed by atoms with van der Waals surface area (Å²) in [5, 5.41) is 1.06. The number of hydrogen-bond acceptors (Lipinski definition) is 2. The highest BCUT2D eigenvalue weighted by atomic mass is 16.1. The van der Waals surface area contributed by atoms with Gasteiger partial charge in [-0.05, 0) is 36.4 Å². The van der Waals surface area contributed by atoms with Crippen LogP contribution in [0.4, 0.5) is 0 Å². The zero-order valence-corrected chi connectivity index (χ0v) is 10.7. The van der Waals surface area contributed by atoms with Gasteiger partial charge in [0.15, 0.2) is 5.78 Å². The predicted molar refractivity (Wildman–Crippen MR) is 76.2 cm³/mol. The van der Waals surface area contributed by atoms with E-state index < -0.39 is 0 Å². The molecule has 19 heavy (non-hydrogen) atoms. The second-order valence-corrected chi connectivity index (χ2v) is 4.50. The van der Waals surface area contributed by atoms with Crippen LogP contribution >= 0.6 is 0 Å². The number of carbonyl (C=O) groups is 1. The Kier molecular flexibility index (Phi) is 2.88. The average Bonchev–Trinajstić information content (AvgIpc) is 2.90. The first-order valence-corrected chi connectivity index (χ1v) is 6.34. The van der Waals surface area contributed by atoms with Crippen molar-refractivity contribution >= 4 is 16.7 Å². The molecule has 0 unspecified atom stereocenters. The van der Waals surface area contributed by atoms with E-state index in [1.54, 1.807) is 12.4 Å². The summed E-state index contributed by atoms with van der Waals surface area (Å²) in [6.45, 7) is 1.88. The highest BCUT2D eigenvalue weighted by Gasteiger charge is 2.07. The van der Waals surface area contributed by atoms with Gasteiger partial charge in [0.05, 0.1) is 0 Å². The fourth-order valence-corrected chi connectivity index (χ4v) is 2.20. The normalized spacial score (nSPS) is 10.8. The molecule has 0 atom stereocenters. The highest BCUT2D eigenvalue weighted by Crippen LogP contribution is 2.24. The molecule has 0 bridgehead atoms. The number of benzene rings is 1. The number of Topliss-reactive ketones (excluding diaryl/α,β-unsaturated/α-hetero) is 1.